The maximum Gasteiger partial charge on any atom is 0.316 e. The first-order chi connectivity index (χ1) is 9.51. The van der Waals surface area contributed by atoms with Crippen molar-refractivity contribution in [3.8, 4) is 0 Å². The highest BCUT2D eigenvalue weighted by atomic mass is 32.2. The van der Waals surface area contributed by atoms with Crippen molar-refractivity contribution in [2.75, 3.05) is 17.2 Å². The van der Waals surface area contributed by atoms with Crippen molar-refractivity contribution in [2.24, 2.45) is 0 Å². The first-order valence-corrected chi connectivity index (χ1v) is 7.76. The summed E-state index contributed by atoms with van der Waals surface area (Å²) in [5.41, 5.74) is 1.93. The number of rotatable bonds is 7. The molecule has 0 aliphatic carbocycles. The van der Waals surface area contributed by atoms with Crippen molar-refractivity contribution in [3.05, 3.63) is 29.8 Å². The molecule has 1 aromatic rings. The molecule has 1 aromatic carbocycles. The molecule has 1 amide bonds. The fourth-order valence-corrected chi connectivity index (χ4v) is 2.84. The zero-order valence-electron chi connectivity index (χ0n) is 12.1. The third kappa shape index (κ3) is 4.27. The van der Waals surface area contributed by atoms with Crippen molar-refractivity contribution < 1.29 is 14.7 Å². The summed E-state index contributed by atoms with van der Waals surface area (Å²) in [5.74, 6) is -0.719. The first kappa shape index (κ1) is 16.6. The zero-order chi connectivity index (χ0) is 15.1. The Hall–Kier alpha value is -1.49. The third-order valence-corrected chi connectivity index (χ3v) is 4.43. The Morgan fingerprint density at radius 1 is 1.30 bits per heavy atom. The van der Waals surface area contributed by atoms with E-state index >= 15 is 0 Å². The van der Waals surface area contributed by atoms with Crippen molar-refractivity contribution >= 4 is 29.3 Å². The van der Waals surface area contributed by atoms with Gasteiger partial charge in [0.15, 0.2) is 0 Å². The number of amides is 1. The molecule has 1 unspecified atom stereocenters. The average molecular weight is 295 g/mol. The lowest BCUT2D eigenvalue weighted by Crippen LogP contribution is -2.33. The molecule has 0 aliphatic rings. The van der Waals surface area contributed by atoms with Crippen LogP contribution in [-0.2, 0) is 9.59 Å². The monoisotopic (exact) mass is 295 g/mol. The summed E-state index contributed by atoms with van der Waals surface area (Å²) in [4.78, 5) is 24.9. The van der Waals surface area contributed by atoms with Crippen molar-refractivity contribution in [1.82, 2.24) is 0 Å². The number of carboxylic acids is 1. The van der Waals surface area contributed by atoms with Gasteiger partial charge in [-0.2, -0.15) is 0 Å². The van der Waals surface area contributed by atoms with Crippen LogP contribution in [0.25, 0.3) is 0 Å². The molecular formula is C15H21NO3S. The van der Waals surface area contributed by atoms with Gasteiger partial charge in [0.2, 0.25) is 5.91 Å². The SMILES string of the molecule is CCC(SCC(=O)N(CC)c1ccccc1C)C(=O)O. The number of anilines is 1. The normalized spacial score (nSPS) is 11.9. The highest BCUT2D eigenvalue weighted by Crippen LogP contribution is 2.22. The Bertz CT molecular complexity index is 476. The summed E-state index contributed by atoms with van der Waals surface area (Å²) in [6.45, 7) is 6.28. The van der Waals surface area contributed by atoms with Crippen LogP contribution in [0.4, 0.5) is 5.69 Å². The summed E-state index contributed by atoms with van der Waals surface area (Å²) in [6, 6.07) is 7.71. The summed E-state index contributed by atoms with van der Waals surface area (Å²) < 4.78 is 0. The highest BCUT2D eigenvalue weighted by Gasteiger charge is 2.20. The van der Waals surface area contributed by atoms with Gasteiger partial charge < -0.3 is 10.0 Å². The summed E-state index contributed by atoms with van der Waals surface area (Å²) >= 11 is 1.19. The standard InChI is InChI=1S/C15H21NO3S/c1-4-13(15(18)19)20-10-14(17)16(5-2)12-9-7-6-8-11(12)3/h6-9,13H,4-5,10H2,1-3H3,(H,18,19). The molecule has 1 rings (SSSR count). The molecule has 0 bridgehead atoms. The Morgan fingerprint density at radius 2 is 1.95 bits per heavy atom. The first-order valence-electron chi connectivity index (χ1n) is 6.71. The topological polar surface area (TPSA) is 57.6 Å². The van der Waals surface area contributed by atoms with Gasteiger partial charge in [0.05, 0.1) is 5.75 Å². The lowest BCUT2D eigenvalue weighted by atomic mass is 10.2. The smallest absolute Gasteiger partial charge is 0.316 e. The van der Waals surface area contributed by atoms with Crippen LogP contribution < -0.4 is 4.90 Å². The maximum atomic E-state index is 12.3. The number of aryl methyl sites for hydroxylation is 1. The van der Waals surface area contributed by atoms with E-state index in [0.29, 0.717) is 13.0 Å². The second kappa shape index (κ2) is 7.94. The lowest BCUT2D eigenvalue weighted by molar-refractivity contribution is -0.136. The van der Waals surface area contributed by atoms with E-state index in [1.54, 1.807) is 4.90 Å². The van der Waals surface area contributed by atoms with Gasteiger partial charge >= 0.3 is 5.97 Å². The molecule has 110 valence electrons. The van der Waals surface area contributed by atoms with Crippen LogP contribution >= 0.6 is 11.8 Å². The van der Waals surface area contributed by atoms with Crippen LogP contribution in [0.3, 0.4) is 0 Å². The Labute approximate surface area is 124 Å². The highest BCUT2D eigenvalue weighted by molar-refractivity contribution is 8.01. The van der Waals surface area contributed by atoms with Gasteiger partial charge in [-0.15, -0.1) is 11.8 Å². The average Bonchev–Trinajstić information content (AvgIpc) is 2.42. The van der Waals surface area contributed by atoms with E-state index in [1.165, 1.54) is 11.8 Å². The minimum atomic E-state index is -0.857. The van der Waals surface area contributed by atoms with Crippen molar-refractivity contribution in [1.29, 1.82) is 0 Å². The van der Waals surface area contributed by atoms with Gasteiger partial charge in [0.1, 0.15) is 5.25 Å². The Balaban J connectivity index is 2.74. The van der Waals surface area contributed by atoms with E-state index in [2.05, 4.69) is 0 Å². The quantitative estimate of drug-likeness (QED) is 0.840. The number of hydrogen-bond acceptors (Lipinski definition) is 3. The predicted molar refractivity (Wildman–Crippen MR) is 83.4 cm³/mol. The van der Waals surface area contributed by atoms with Crippen LogP contribution in [0.2, 0.25) is 0 Å². The number of thioether (sulfide) groups is 1. The number of carboxylic acid groups (broad SMARTS) is 1. The van der Waals surface area contributed by atoms with Crippen molar-refractivity contribution in [3.63, 3.8) is 0 Å². The van der Waals surface area contributed by atoms with E-state index < -0.39 is 11.2 Å². The lowest BCUT2D eigenvalue weighted by Gasteiger charge is -2.23. The summed E-state index contributed by atoms with van der Waals surface area (Å²) in [5, 5.41) is 8.48. The molecule has 0 spiro atoms. The molecule has 0 fully saturated rings. The minimum absolute atomic E-state index is 0.0495. The Kier molecular flexibility index (Phi) is 6.58. The second-order valence-electron chi connectivity index (χ2n) is 4.47. The second-order valence-corrected chi connectivity index (χ2v) is 5.66. The van der Waals surface area contributed by atoms with Crippen LogP contribution in [0.15, 0.2) is 24.3 Å². The van der Waals surface area contributed by atoms with Gasteiger partial charge in [-0.3, -0.25) is 9.59 Å². The molecule has 0 heterocycles. The number of carbonyl (C=O) groups excluding carboxylic acids is 1. The molecule has 5 heteroatoms. The van der Waals surface area contributed by atoms with Gasteiger partial charge in [0, 0.05) is 12.2 Å². The van der Waals surface area contributed by atoms with E-state index in [9.17, 15) is 9.59 Å². The predicted octanol–water partition coefficient (Wildman–Crippen LogP) is 2.94. The fourth-order valence-electron chi connectivity index (χ4n) is 1.96. The number of nitrogens with zero attached hydrogens (tertiary/aromatic N) is 1. The van der Waals surface area contributed by atoms with Crippen LogP contribution in [0, 0.1) is 6.92 Å². The van der Waals surface area contributed by atoms with Crippen molar-refractivity contribution in [2.45, 2.75) is 32.4 Å². The number of carbonyl (C=O) groups is 2. The number of aliphatic carboxylic acids is 1. The molecule has 4 nitrogen and oxygen atoms in total. The number of para-hydroxylation sites is 1. The van der Waals surface area contributed by atoms with E-state index in [0.717, 1.165) is 11.3 Å². The molecule has 1 N–H and O–H groups in total. The summed E-state index contributed by atoms with van der Waals surface area (Å²) in [7, 11) is 0. The number of benzene rings is 1. The van der Waals surface area contributed by atoms with Gasteiger partial charge in [-0.05, 0) is 31.9 Å². The zero-order valence-corrected chi connectivity index (χ0v) is 12.9. The largest absolute Gasteiger partial charge is 0.480 e. The van der Waals surface area contributed by atoms with Gasteiger partial charge in [-0.1, -0.05) is 25.1 Å². The van der Waals surface area contributed by atoms with Gasteiger partial charge in [0.25, 0.3) is 0 Å². The maximum absolute atomic E-state index is 12.3. The van der Waals surface area contributed by atoms with Crippen LogP contribution in [-0.4, -0.2) is 34.5 Å². The van der Waals surface area contributed by atoms with Crippen LogP contribution in [0.5, 0.6) is 0 Å². The molecule has 0 aliphatic heterocycles. The van der Waals surface area contributed by atoms with E-state index in [-0.39, 0.29) is 11.7 Å². The van der Waals surface area contributed by atoms with E-state index in [4.69, 9.17) is 5.11 Å². The molecule has 1 atom stereocenters. The fraction of sp³-hybridized carbons (Fsp3) is 0.467. The molecule has 0 radical (unpaired) electrons. The van der Waals surface area contributed by atoms with Crippen LogP contribution in [0.1, 0.15) is 25.8 Å². The molecule has 0 saturated carbocycles. The molecular weight excluding hydrogens is 274 g/mol. The number of hydrogen-bond donors (Lipinski definition) is 1. The summed E-state index contributed by atoms with van der Waals surface area (Å²) in [6.07, 6.45) is 0.518. The molecule has 0 aromatic heterocycles. The molecule has 0 saturated heterocycles. The van der Waals surface area contributed by atoms with Gasteiger partial charge in [-0.25, -0.2) is 0 Å². The van der Waals surface area contributed by atoms with E-state index in [1.807, 2.05) is 45.0 Å². The Morgan fingerprint density at radius 3 is 2.45 bits per heavy atom. The molecule has 20 heavy (non-hydrogen) atoms. The minimum Gasteiger partial charge on any atom is -0.480 e. The third-order valence-electron chi connectivity index (χ3n) is 3.08.